The van der Waals surface area contributed by atoms with Crippen molar-refractivity contribution in [3.63, 3.8) is 0 Å². The molecule has 6 heteroatoms. The van der Waals surface area contributed by atoms with Gasteiger partial charge in [0, 0.05) is 41.8 Å². The fourth-order valence-corrected chi connectivity index (χ4v) is 3.92. The normalized spacial score (nSPS) is 17.8. The second-order valence-corrected chi connectivity index (χ2v) is 7.57. The zero-order valence-corrected chi connectivity index (χ0v) is 15.1. The van der Waals surface area contributed by atoms with Gasteiger partial charge >= 0.3 is 0 Å². The van der Waals surface area contributed by atoms with E-state index in [1.165, 1.54) is 0 Å². The van der Waals surface area contributed by atoms with Crippen LogP contribution in [0.1, 0.15) is 32.3 Å². The number of amides is 1. The van der Waals surface area contributed by atoms with Gasteiger partial charge in [0.15, 0.2) is 0 Å². The molecule has 0 aromatic heterocycles. The molecule has 1 aromatic rings. The summed E-state index contributed by atoms with van der Waals surface area (Å²) in [7, 11) is 0. The molecular formula is C17H24Cl2N2O2. The van der Waals surface area contributed by atoms with Gasteiger partial charge in [0.2, 0.25) is 5.91 Å². The molecule has 1 amide bonds. The van der Waals surface area contributed by atoms with Gasteiger partial charge < -0.3 is 15.8 Å². The predicted molar refractivity (Wildman–Crippen MR) is 94.0 cm³/mol. The second-order valence-electron chi connectivity index (χ2n) is 6.76. The summed E-state index contributed by atoms with van der Waals surface area (Å²) in [5.41, 5.74) is 5.81. The molecule has 0 spiro atoms. The molecule has 1 heterocycles. The number of halogens is 2. The molecule has 1 aromatic carbocycles. The van der Waals surface area contributed by atoms with Crippen LogP contribution in [0.15, 0.2) is 18.2 Å². The molecule has 23 heavy (non-hydrogen) atoms. The van der Waals surface area contributed by atoms with Crippen molar-refractivity contribution in [2.24, 2.45) is 11.1 Å². The van der Waals surface area contributed by atoms with Crippen molar-refractivity contribution in [3.8, 4) is 0 Å². The highest BCUT2D eigenvalue weighted by Gasteiger charge is 2.39. The van der Waals surface area contributed by atoms with Crippen LogP contribution in [-0.2, 0) is 14.9 Å². The summed E-state index contributed by atoms with van der Waals surface area (Å²) in [6, 6.07) is 5.44. The molecule has 0 unspecified atom stereocenters. The maximum Gasteiger partial charge on any atom is 0.227 e. The third kappa shape index (κ3) is 4.00. The zero-order valence-electron chi connectivity index (χ0n) is 13.6. The minimum absolute atomic E-state index is 0.0143. The average molecular weight is 359 g/mol. The van der Waals surface area contributed by atoms with Gasteiger partial charge in [-0.3, -0.25) is 4.79 Å². The minimum Gasteiger partial charge on any atom is -0.381 e. The van der Waals surface area contributed by atoms with Crippen molar-refractivity contribution in [2.45, 2.75) is 32.1 Å². The van der Waals surface area contributed by atoms with Crippen LogP contribution in [0.4, 0.5) is 0 Å². The molecule has 0 atom stereocenters. The van der Waals surface area contributed by atoms with Gasteiger partial charge in [-0.15, -0.1) is 0 Å². The first kappa shape index (κ1) is 18.5. The molecule has 0 aliphatic carbocycles. The third-order valence-corrected chi connectivity index (χ3v) is 5.28. The van der Waals surface area contributed by atoms with Crippen molar-refractivity contribution in [1.29, 1.82) is 0 Å². The van der Waals surface area contributed by atoms with Crippen LogP contribution in [0.3, 0.4) is 0 Å². The van der Waals surface area contributed by atoms with Crippen LogP contribution >= 0.6 is 23.2 Å². The molecular weight excluding hydrogens is 335 g/mol. The summed E-state index contributed by atoms with van der Waals surface area (Å²) in [5.74, 6) is -0.0143. The Kier molecular flexibility index (Phi) is 5.95. The Bertz CT molecular complexity index is 549. The Balaban J connectivity index is 2.11. The number of benzene rings is 1. The number of carbonyl (C=O) groups excluding carboxylic acids is 1. The summed E-state index contributed by atoms with van der Waals surface area (Å²) in [6.07, 6.45) is 1.31. The molecule has 128 valence electrons. The molecule has 3 N–H and O–H groups in total. The first-order valence-corrected chi connectivity index (χ1v) is 8.59. The average Bonchev–Trinajstić information content (AvgIpc) is 2.53. The lowest BCUT2D eigenvalue weighted by atomic mass is 9.78. The van der Waals surface area contributed by atoms with E-state index in [0.717, 1.165) is 5.56 Å². The number of ether oxygens (including phenoxy) is 1. The fraction of sp³-hybridized carbons (Fsp3) is 0.588. The zero-order chi connectivity index (χ0) is 17.1. The number of carbonyl (C=O) groups is 1. The Morgan fingerprint density at radius 2 is 1.87 bits per heavy atom. The van der Waals surface area contributed by atoms with Crippen LogP contribution in [-0.4, -0.2) is 32.2 Å². The van der Waals surface area contributed by atoms with E-state index in [1.807, 2.05) is 32.0 Å². The molecule has 2 rings (SSSR count). The minimum atomic E-state index is -0.529. The van der Waals surface area contributed by atoms with Crippen LogP contribution in [0.25, 0.3) is 0 Å². The first-order chi connectivity index (χ1) is 10.8. The highest BCUT2D eigenvalue weighted by atomic mass is 35.5. The van der Waals surface area contributed by atoms with Crippen molar-refractivity contribution in [3.05, 3.63) is 33.8 Å². The number of hydrogen-bond donors (Lipinski definition) is 2. The third-order valence-electron chi connectivity index (χ3n) is 4.65. The van der Waals surface area contributed by atoms with Crippen LogP contribution in [0.2, 0.25) is 10.0 Å². The number of hydrogen-bond acceptors (Lipinski definition) is 3. The molecule has 0 bridgehead atoms. The van der Waals surface area contributed by atoms with Gasteiger partial charge in [-0.05, 0) is 30.5 Å². The SMILES string of the molecule is CC(C)(CNC(=O)C1(CN)CCOCC1)c1c(Cl)cccc1Cl. The van der Waals surface area contributed by atoms with E-state index < -0.39 is 5.41 Å². The highest BCUT2D eigenvalue weighted by molar-refractivity contribution is 6.36. The predicted octanol–water partition coefficient (Wildman–Crippen LogP) is 3.14. The lowest BCUT2D eigenvalue weighted by Crippen LogP contribution is -2.51. The Hall–Kier alpha value is -0.810. The van der Waals surface area contributed by atoms with E-state index in [9.17, 15) is 4.79 Å². The van der Waals surface area contributed by atoms with Gasteiger partial charge in [0.05, 0.1) is 5.41 Å². The van der Waals surface area contributed by atoms with Gasteiger partial charge in [0.25, 0.3) is 0 Å². The van der Waals surface area contributed by atoms with Crippen LogP contribution in [0, 0.1) is 5.41 Å². The summed E-state index contributed by atoms with van der Waals surface area (Å²) in [6.45, 7) is 5.95. The number of nitrogens with one attached hydrogen (secondary N) is 1. The lowest BCUT2D eigenvalue weighted by molar-refractivity contribution is -0.136. The summed E-state index contributed by atoms with van der Waals surface area (Å²) in [4.78, 5) is 12.7. The quantitative estimate of drug-likeness (QED) is 0.849. The largest absolute Gasteiger partial charge is 0.381 e. The summed E-state index contributed by atoms with van der Waals surface area (Å²) in [5, 5.41) is 4.26. The Morgan fingerprint density at radius 1 is 1.30 bits per heavy atom. The number of nitrogens with two attached hydrogens (primary N) is 1. The van der Waals surface area contributed by atoms with Crippen molar-refractivity contribution >= 4 is 29.1 Å². The van der Waals surface area contributed by atoms with Crippen LogP contribution in [0.5, 0.6) is 0 Å². The second kappa shape index (κ2) is 7.39. The summed E-state index contributed by atoms with van der Waals surface area (Å²) >= 11 is 12.6. The Morgan fingerprint density at radius 3 is 2.39 bits per heavy atom. The van der Waals surface area contributed by atoms with Crippen LogP contribution < -0.4 is 11.1 Å². The number of rotatable bonds is 5. The van der Waals surface area contributed by atoms with E-state index >= 15 is 0 Å². The molecule has 0 saturated carbocycles. The van der Waals surface area contributed by atoms with E-state index in [1.54, 1.807) is 0 Å². The highest BCUT2D eigenvalue weighted by Crippen LogP contribution is 2.36. The molecule has 4 nitrogen and oxygen atoms in total. The van der Waals surface area contributed by atoms with Crippen molar-refractivity contribution < 1.29 is 9.53 Å². The van der Waals surface area contributed by atoms with E-state index in [-0.39, 0.29) is 11.3 Å². The van der Waals surface area contributed by atoms with Crippen molar-refractivity contribution in [2.75, 3.05) is 26.3 Å². The molecule has 0 radical (unpaired) electrons. The van der Waals surface area contributed by atoms with Gasteiger partial charge in [-0.1, -0.05) is 43.1 Å². The van der Waals surface area contributed by atoms with Gasteiger partial charge in [-0.2, -0.15) is 0 Å². The smallest absolute Gasteiger partial charge is 0.227 e. The van der Waals surface area contributed by atoms with E-state index in [0.29, 0.717) is 49.2 Å². The monoisotopic (exact) mass is 358 g/mol. The Labute approximate surface area is 147 Å². The molecule has 1 aliphatic rings. The maximum atomic E-state index is 12.7. The van der Waals surface area contributed by atoms with E-state index in [2.05, 4.69) is 5.32 Å². The van der Waals surface area contributed by atoms with Gasteiger partial charge in [-0.25, -0.2) is 0 Å². The fourth-order valence-electron chi connectivity index (χ4n) is 3.01. The van der Waals surface area contributed by atoms with Gasteiger partial charge in [0.1, 0.15) is 0 Å². The topological polar surface area (TPSA) is 64.4 Å². The first-order valence-electron chi connectivity index (χ1n) is 7.83. The lowest BCUT2D eigenvalue weighted by Gasteiger charge is -2.36. The summed E-state index contributed by atoms with van der Waals surface area (Å²) < 4.78 is 5.35. The standard InChI is InChI=1S/C17H24Cl2N2O2/c1-16(2,14-12(18)4-3-5-13(14)19)11-21-15(22)17(10-20)6-8-23-9-7-17/h3-5H,6-11,20H2,1-2H3,(H,21,22). The molecule has 1 fully saturated rings. The van der Waals surface area contributed by atoms with E-state index in [4.69, 9.17) is 33.7 Å². The molecule has 1 saturated heterocycles. The molecule has 1 aliphatic heterocycles. The van der Waals surface area contributed by atoms with Crippen molar-refractivity contribution in [1.82, 2.24) is 5.32 Å². The maximum absolute atomic E-state index is 12.7.